The molecule has 2 atom stereocenters. The van der Waals surface area contributed by atoms with Crippen LogP contribution in [-0.4, -0.2) is 30.7 Å². The summed E-state index contributed by atoms with van der Waals surface area (Å²) in [5.41, 5.74) is 2.37. The van der Waals surface area contributed by atoms with Crippen molar-refractivity contribution in [3.8, 4) is 0 Å². The van der Waals surface area contributed by atoms with Gasteiger partial charge < -0.3 is 9.47 Å². The van der Waals surface area contributed by atoms with E-state index in [0.717, 1.165) is 23.9 Å². The maximum Gasteiger partial charge on any atom is 0.157 e. The summed E-state index contributed by atoms with van der Waals surface area (Å²) in [7, 11) is 0. The van der Waals surface area contributed by atoms with E-state index in [-0.39, 0.29) is 6.04 Å². The Morgan fingerprint density at radius 1 is 1.14 bits per heavy atom. The van der Waals surface area contributed by atoms with Gasteiger partial charge in [-0.3, -0.25) is 4.98 Å². The molecule has 0 saturated heterocycles. The first-order chi connectivity index (χ1) is 10.2. The van der Waals surface area contributed by atoms with Crippen LogP contribution in [0.15, 0.2) is 42.2 Å². The highest BCUT2D eigenvalue weighted by atomic mass is 15.3. The van der Waals surface area contributed by atoms with Crippen LogP contribution in [0.2, 0.25) is 0 Å². The third-order valence-electron chi connectivity index (χ3n) is 4.27. The first kappa shape index (κ1) is 12.3. The second kappa shape index (κ2) is 4.55. The van der Waals surface area contributed by atoms with Crippen LogP contribution in [0.5, 0.6) is 0 Å². The first-order valence-corrected chi connectivity index (χ1v) is 7.19. The highest BCUT2D eigenvalue weighted by molar-refractivity contribution is 5.47. The summed E-state index contributed by atoms with van der Waals surface area (Å²) in [6, 6.07) is 6.65. The van der Waals surface area contributed by atoms with Crippen LogP contribution >= 0.6 is 0 Å². The maximum absolute atomic E-state index is 4.44. The largest absolute Gasteiger partial charge is 0.361 e. The van der Waals surface area contributed by atoms with Crippen molar-refractivity contribution in [2.24, 2.45) is 0 Å². The summed E-state index contributed by atoms with van der Waals surface area (Å²) >= 11 is 0. The second-order valence-corrected chi connectivity index (χ2v) is 5.57. The monoisotopic (exact) mass is 279 g/mol. The number of nitrogens with zero attached hydrogens (tertiary/aromatic N) is 5. The molecule has 0 saturated carbocycles. The summed E-state index contributed by atoms with van der Waals surface area (Å²) in [6.07, 6.45) is 8.45. The fourth-order valence-corrected chi connectivity index (χ4v) is 3.25. The molecule has 4 heterocycles. The Balaban J connectivity index is 1.68. The normalized spacial score (nSPS) is 23.0. The van der Waals surface area contributed by atoms with Crippen molar-refractivity contribution < 1.29 is 0 Å². The predicted octanol–water partition coefficient (Wildman–Crippen LogP) is 2.34. The van der Waals surface area contributed by atoms with E-state index in [1.807, 2.05) is 25.3 Å². The third kappa shape index (κ3) is 1.88. The Morgan fingerprint density at radius 3 is 2.86 bits per heavy atom. The smallest absolute Gasteiger partial charge is 0.157 e. The van der Waals surface area contributed by atoms with Gasteiger partial charge in [0.05, 0.1) is 24.3 Å². The molecule has 2 unspecified atom stereocenters. The van der Waals surface area contributed by atoms with Gasteiger partial charge in [0.25, 0.3) is 0 Å². The lowest BCUT2D eigenvalue weighted by Gasteiger charge is -2.32. The van der Waals surface area contributed by atoms with Crippen molar-refractivity contribution in [3.05, 3.63) is 59.6 Å². The molecule has 2 aliphatic rings. The Bertz CT molecular complexity index is 728. The van der Waals surface area contributed by atoms with Crippen molar-refractivity contribution in [2.45, 2.75) is 32.5 Å². The summed E-state index contributed by atoms with van der Waals surface area (Å²) in [4.78, 5) is 6.84. The van der Waals surface area contributed by atoms with Crippen LogP contribution < -0.4 is 0 Å². The van der Waals surface area contributed by atoms with Crippen molar-refractivity contribution in [2.75, 3.05) is 0 Å². The lowest BCUT2D eigenvalue weighted by Crippen LogP contribution is -2.35. The number of allylic oxidation sites excluding steroid dienone is 1. The summed E-state index contributed by atoms with van der Waals surface area (Å²) in [5, 5.41) is 8.41. The second-order valence-electron chi connectivity index (χ2n) is 5.57. The van der Waals surface area contributed by atoms with Gasteiger partial charge in [-0.15, -0.1) is 10.2 Å². The zero-order valence-corrected chi connectivity index (χ0v) is 12.1. The summed E-state index contributed by atoms with van der Waals surface area (Å²) < 4.78 is 2.21. The quantitative estimate of drug-likeness (QED) is 0.846. The molecular weight excluding hydrogens is 262 g/mol. The topological polar surface area (TPSA) is 46.8 Å². The molecule has 5 nitrogen and oxygen atoms in total. The van der Waals surface area contributed by atoms with Crippen LogP contribution in [0.1, 0.15) is 30.3 Å². The van der Waals surface area contributed by atoms with Gasteiger partial charge in [-0.2, -0.15) is 0 Å². The molecule has 0 aliphatic carbocycles. The number of aryl methyl sites for hydroxylation is 1. The molecule has 5 heteroatoms. The SMILES string of the molecule is CC1=CC2C(C=Cc3nnc(C)n32)N1Cc1ccccn1. The predicted molar refractivity (Wildman–Crippen MR) is 80.2 cm³/mol. The molecule has 0 radical (unpaired) electrons. The fourth-order valence-electron chi connectivity index (χ4n) is 3.25. The van der Waals surface area contributed by atoms with Gasteiger partial charge in [0.1, 0.15) is 5.82 Å². The van der Waals surface area contributed by atoms with E-state index in [2.05, 4.69) is 55.9 Å². The number of aromatic nitrogens is 4. The molecule has 0 spiro atoms. The minimum absolute atomic E-state index is 0.281. The van der Waals surface area contributed by atoms with E-state index in [0.29, 0.717) is 6.04 Å². The van der Waals surface area contributed by atoms with Gasteiger partial charge in [0, 0.05) is 11.9 Å². The van der Waals surface area contributed by atoms with E-state index < -0.39 is 0 Å². The van der Waals surface area contributed by atoms with E-state index in [9.17, 15) is 0 Å². The van der Waals surface area contributed by atoms with Crippen LogP contribution in [0.25, 0.3) is 6.08 Å². The maximum atomic E-state index is 4.44. The fraction of sp³-hybridized carbons (Fsp3) is 0.312. The van der Waals surface area contributed by atoms with E-state index in [1.54, 1.807) is 0 Å². The Morgan fingerprint density at radius 2 is 2.05 bits per heavy atom. The zero-order chi connectivity index (χ0) is 14.4. The van der Waals surface area contributed by atoms with Gasteiger partial charge in [0.2, 0.25) is 0 Å². The van der Waals surface area contributed by atoms with Crippen molar-refractivity contribution in [3.63, 3.8) is 0 Å². The highest BCUT2D eigenvalue weighted by Gasteiger charge is 2.36. The summed E-state index contributed by atoms with van der Waals surface area (Å²) in [5.74, 6) is 1.91. The average Bonchev–Trinajstić information content (AvgIpc) is 3.02. The van der Waals surface area contributed by atoms with Gasteiger partial charge >= 0.3 is 0 Å². The number of rotatable bonds is 2. The number of pyridine rings is 1. The van der Waals surface area contributed by atoms with Crippen molar-refractivity contribution in [1.29, 1.82) is 0 Å². The van der Waals surface area contributed by atoms with Crippen molar-refractivity contribution in [1.82, 2.24) is 24.6 Å². The van der Waals surface area contributed by atoms with E-state index >= 15 is 0 Å². The molecule has 2 aliphatic heterocycles. The lowest BCUT2D eigenvalue weighted by atomic mass is 10.1. The van der Waals surface area contributed by atoms with Gasteiger partial charge in [0.15, 0.2) is 5.82 Å². The Kier molecular flexibility index (Phi) is 2.67. The van der Waals surface area contributed by atoms with Crippen LogP contribution in [0.3, 0.4) is 0 Å². The van der Waals surface area contributed by atoms with Crippen LogP contribution in [0, 0.1) is 6.92 Å². The van der Waals surface area contributed by atoms with E-state index in [4.69, 9.17) is 0 Å². The lowest BCUT2D eigenvalue weighted by molar-refractivity contribution is 0.266. The molecular formula is C16H17N5. The zero-order valence-electron chi connectivity index (χ0n) is 12.1. The molecule has 21 heavy (non-hydrogen) atoms. The van der Waals surface area contributed by atoms with Crippen LogP contribution in [0.4, 0.5) is 0 Å². The van der Waals surface area contributed by atoms with Crippen molar-refractivity contribution >= 4 is 6.08 Å². The van der Waals surface area contributed by atoms with Gasteiger partial charge in [-0.1, -0.05) is 12.1 Å². The molecule has 0 N–H and O–H groups in total. The third-order valence-corrected chi connectivity index (χ3v) is 4.27. The molecule has 0 amide bonds. The number of fused-ring (bicyclic) bond motifs is 3. The number of hydrogen-bond donors (Lipinski definition) is 0. The molecule has 0 fully saturated rings. The summed E-state index contributed by atoms with van der Waals surface area (Å²) in [6.45, 7) is 5.00. The van der Waals surface area contributed by atoms with Gasteiger partial charge in [-0.25, -0.2) is 0 Å². The Labute approximate surface area is 123 Å². The Hall–Kier alpha value is -2.43. The highest BCUT2D eigenvalue weighted by Crippen LogP contribution is 2.37. The molecule has 0 bridgehead atoms. The first-order valence-electron chi connectivity index (χ1n) is 7.19. The van der Waals surface area contributed by atoms with E-state index in [1.165, 1.54) is 5.70 Å². The molecule has 4 rings (SSSR count). The average molecular weight is 279 g/mol. The number of hydrogen-bond acceptors (Lipinski definition) is 4. The minimum Gasteiger partial charge on any atom is -0.361 e. The molecule has 2 aromatic heterocycles. The standard InChI is InChI=1S/C16H17N5/c1-11-9-15-14(6-7-16-19-18-12(2)21(15)16)20(11)10-13-5-3-4-8-17-13/h3-9,14-15H,10H2,1-2H3. The minimum atomic E-state index is 0.281. The van der Waals surface area contributed by atoms with Gasteiger partial charge in [-0.05, 0) is 38.1 Å². The molecule has 0 aromatic carbocycles. The molecule has 106 valence electrons. The molecule has 2 aromatic rings. The van der Waals surface area contributed by atoms with Crippen LogP contribution in [-0.2, 0) is 6.54 Å².